The number of hydrogen-bond donors (Lipinski definition) is 1. The summed E-state index contributed by atoms with van der Waals surface area (Å²) in [6.07, 6.45) is 0.374. The van der Waals surface area contributed by atoms with Gasteiger partial charge in [0.05, 0.1) is 5.39 Å². The Bertz CT molecular complexity index is 1160. The summed E-state index contributed by atoms with van der Waals surface area (Å²) in [7, 11) is 1.24. The molecule has 29 heavy (non-hydrogen) atoms. The van der Waals surface area contributed by atoms with Crippen molar-refractivity contribution in [3.05, 3.63) is 48.6 Å². The van der Waals surface area contributed by atoms with Gasteiger partial charge in [-0.05, 0) is 29.7 Å². The van der Waals surface area contributed by atoms with Gasteiger partial charge in [0, 0.05) is 7.11 Å². The minimum atomic E-state index is -2.14. The van der Waals surface area contributed by atoms with E-state index >= 15 is 0 Å². The first-order chi connectivity index (χ1) is 14.0. The molecule has 3 heterocycles. The lowest BCUT2D eigenvalue weighted by Crippen LogP contribution is -2.76. The molecular weight excluding hydrogens is 380 g/mol. The molecule has 2 saturated heterocycles. The molecule has 2 aliphatic carbocycles. The van der Waals surface area contributed by atoms with E-state index in [9.17, 15) is 14.7 Å². The van der Waals surface area contributed by atoms with Crippen molar-refractivity contribution in [3.63, 3.8) is 0 Å². The Labute approximate surface area is 163 Å². The molecule has 8 nitrogen and oxygen atoms in total. The van der Waals surface area contributed by atoms with Crippen LogP contribution in [0.2, 0.25) is 0 Å². The molecule has 1 unspecified atom stereocenters. The van der Waals surface area contributed by atoms with Crippen molar-refractivity contribution in [1.29, 1.82) is 0 Å². The van der Waals surface area contributed by atoms with Gasteiger partial charge in [0.25, 0.3) is 5.60 Å². The minimum Gasteiger partial charge on any atom is -0.446 e. The third-order valence-electron chi connectivity index (χ3n) is 6.75. The average Bonchev–Trinajstić information content (AvgIpc) is 3.63. The van der Waals surface area contributed by atoms with E-state index < -0.39 is 46.6 Å². The number of benzene rings is 2. The maximum Gasteiger partial charge on any atom is 0.321 e. The highest BCUT2D eigenvalue weighted by molar-refractivity contribution is 6.20. The quantitative estimate of drug-likeness (QED) is 0.555. The summed E-state index contributed by atoms with van der Waals surface area (Å²) in [6.45, 7) is 0. The summed E-state index contributed by atoms with van der Waals surface area (Å²) in [4.78, 5) is 26.1. The van der Waals surface area contributed by atoms with E-state index in [0.717, 1.165) is 22.9 Å². The van der Waals surface area contributed by atoms with Crippen molar-refractivity contribution < 1.29 is 38.4 Å². The molecule has 1 N–H and O–H groups in total. The smallest absolute Gasteiger partial charge is 0.321 e. The number of methoxy groups -OCH3 is 1. The molecule has 3 aliphatic heterocycles. The molecule has 0 radical (unpaired) electrons. The van der Waals surface area contributed by atoms with Crippen LogP contribution in [-0.4, -0.2) is 58.8 Å². The van der Waals surface area contributed by atoms with Gasteiger partial charge < -0.3 is 28.8 Å². The predicted molar refractivity (Wildman–Crippen MR) is 94.3 cm³/mol. The summed E-state index contributed by atoms with van der Waals surface area (Å²) in [6, 6.07) is 11.0. The first-order valence-electron chi connectivity index (χ1n) is 9.25. The number of carbonyl (C=O) groups excluding carboxylic acids is 2. The third kappa shape index (κ3) is 1.35. The molecule has 0 bridgehead atoms. The van der Waals surface area contributed by atoms with Gasteiger partial charge in [0.15, 0.2) is 17.7 Å². The molecule has 8 heteroatoms. The lowest BCUT2D eigenvalue weighted by atomic mass is 9.65. The van der Waals surface area contributed by atoms with Crippen molar-refractivity contribution >= 4 is 22.3 Å². The number of fused-ring (bicyclic) bond motifs is 2. The lowest BCUT2D eigenvalue weighted by Gasteiger charge is -2.46. The van der Waals surface area contributed by atoms with Crippen molar-refractivity contribution in [1.82, 2.24) is 0 Å². The SMILES string of the molecule is COC1(O)[C@H]2O[C@H]2C2(Oc3cccc4cccc(c34)O2)[C@@]23O[C@@]12C(=O)C=CC3=O. The molecule has 3 fully saturated rings. The van der Waals surface area contributed by atoms with E-state index in [-0.39, 0.29) is 0 Å². The van der Waals surface area contributed by atoms with Crippen LogP contribution in [0.5, 0.6) is 11.5 Å². The number of hydrogen-bond acceptors (Lipinski definition) is 8. The fraction of sp³-hybridized carbons (Fsp3) is 0.333. The molecule has 1 spiro atoms. The number of carbonyl (C=O) groups is 2. The zero-order chi connectivity index (χ0) is 19.8. The number of rotatable bonds is 1. The highest BCUT2D eigenvalue weighted by atomic mass is 16.8. The maximum absolute atomic E-state index is 13.2. The Morgan fingerprint density at radius 2 is 1.55 bits per heavy atom. The standard InChI is InChI=1S/C21H14O8/c1-25-20(24)16-17(26-16)21(19-14(23)9-8-13(22)18(19,20)29-19)27-11-6-2-4-10-5-3-7-12(28-21)15(10)11/h2-9,16-17,24H,1H3/t16-,17+,18+,19-,20?/m0/s1. The second-order valence-electron chi connectivity index (χ2n) is 7.89. The molecule has 5 atom stereocenters. The molecule has 0 aromatic heterocycles. The number of ether oxygens (including phenoxy) is 5. The van der Waals surface area contributed by atoms with Crippen molar-refractivity contribution in [2.75, 3.05) is 7.11 Å². The van der Waals surface area contributed by atoms with Crippen LogP contribution in [0.4, 0.5) is 0 Å². The van der Waals surface area contributed by atoms with E-state index in [2.05, 4.69) is 0 Å². The first kappa shape index (κ1) is 16.1. The summed E-state index contributed by atoms with van der Waals surface area (Å²) < 4.78 is 29.5. The Balaban J connectivity index is 1.51. The van der Waals surface area contributed by atoms with Gasteiger partial charge >= 0.3 is 5.79 Å². The monoisotopic (exact) mass is 394 g/mol. The fourth-order valence-corrected chi connectivity index (χ4v) is 5.44. The molecular formula is C21H14O8. The van der Waals surface area contributed by atoms with Crippen LogP contribution in [-0.2, 0) is 23.8 Å². The Morgan fingerprint density at radius 3 is 2.17 bits per heavy atom. The number of aliphatic hydroxyl groups is 1. The van der Waals surface area contributed by atoms with Gasteiger partial charge in [0.2, 0.25) is 11.4 Å². The van der Waals surface area contributed by atoms with Gasteiger partial charge in [-0.3, -0.25) is 9.59 Å². The van der Waals surface area contributed by atoms with Crippen molar-refractivity contribution in [3.8, 4) is 11.5 Å². The maximum atomic E-state index is 13.2. The molecule has 7 rings (SSSR count). The largest absolute Gasteiger partial charge is 0.446 e. The highest BCUT2D eigenvalue weighted by Gasteiger charge is 3.04. The minimum absolute atomic E-state index is 0.482. The van der Waals surface area contributed by atoms with Crippen molar-refractivity contribution in [2.45, 2.75) is 35.0 Å². The summed E-state index contributed by atoms with van der Waals surface area (Å²) in [5.74, 6) is -4.10. The lowest BCUT2D eigenvalue weighted by molar-refractivity contribution is -0.249. The van der Waals surface area contributed by atoms with Crippen LogP contribution in [0, 0.1) is 0 Å². The van der Waals surface area contributed by atoms with E-state index in [1.165, 1.54) is 7.11 Å². The highest BCUT2D eigenvalue weighted by Crippen LogP contribution is 2.74. The Hall–Kier alpha value is -2.78. The molecule has 0 amide bonds. The molecule has 2 aromatic rings. The molecule has 2 aromatic carbocycles. The van der Waals surface area contributed by atoms with Gasteiger partial charge in [-0.1, -0.05) is 24.3 Å². The van der Waals surface area contributed by atoms with E-state index in [0.29, 0.717) is 11.5 Å². The van der Waals surface area contributed by atoms with Crippen LogP contribution in [0.25, 0.3) is 10.8 Å². The van der Waals surface area contributed by atoms with Crippen LogP contribution >= 0.6 is 0 Å². The van der Waals surface area contributed by atoms with Gasteiger partial charge in [-0.15, -0.1) is 0 Å². The van der Waals surface area contributed by atoms with Crippen LogP contribution < -0.4 is 9.47 Å². The molecule has 146 valence electrons. The first-order valence-corrected chi connectivity index (χ1v) is 9.25. The van der Waals surface area contributed by atoms with E-state index in [4.69, 9.17) is 23.7 Å². The van der Waals surface area contributed by atoms with Gasteiger partial charge in [-0.25, -0.2) is 0 Å². The normalized spacial score (nSPS) is 41.9. The second kappa shape index (κ2) is 4.36. The molecule has 1 saturated carbocycles. The Morgan fingerprint density at radius 1 is 0.931 bits per heavy atom. The summed E-state index contributed by atoms with van der Waals surface area (Å²) in [5, 5.41) is 12.9. The van der Waals surface area contributed by atoms with Crippen LogP contribution in [0.3, 0.4) is 0 Å². The third-order valence-corrected chi connectivity index (χ3v) is 6.75. The zero-order valence-corrected chi connectivity index (χ0v) is 15.1. The fourth-order valence-electron chi connectivity index (χ4n) is 5.44. The van der Waals surface area contributed by atoms with Gasteiger partial charge in [-0.2, -0.15) is 0 Å². The zero-order valence-electron chi connectivity index (χ0n) is 15.1. The van der Waals surface area contributed by atoms with E-state index in [1.54, 1.807) is 12.1 Å². The van der Waals surface area contributed by atoms with E-state index in [1.807, 2.05) is 24.3 Å². The second-order valence-corrected chi connectivity index (χ2v) is 7.89. The number of epoxide rings is 2. The molecule has 5 aliphatic rings. The van der Waals surface area contributed by atoms with Crippen LogP contribution in [0.1, 0.15) is 0 Å². The topological polar surface area (TPSA) is 107 Å². The average molecular weight is 394 g/mol. The summed E-state index contributed by atoms with van der Waals surface area (Å²) >= 11 is 0. The summed E-state index contributed by atoms with van der Waals surface area (Å²) in [5.41, 5.74) is -3.93. The van der Waals surface area contributed by atoms with Crippen LogP contribution in [0.15, 0.2) is 48.6 Å². The number of ketones is 2. The predicted octanol–water partition coefficient (Wildman–Crippen LogP) is 0.639. The van der Waals surface area contributed by atoms with Gasteiger partial charge in [0.1, 0.15) is 17.6 Å². The van der Waals surface area contributed by atoms with Crippen molar-refractivity contribution in [2.24, 2.45) is 0 Å². The Kier molecular flexibility index (Phi) is 2.42.